The fourth-order valence-electron chi connectivity index (χ4n) is 3.76. The first kappa shape index (κ1) is 25.5. The standard InChI is InChI=1S/C26H46N2O/c1-3-4-5-6-7-8-9-10-11-12-13-14-15-16-17-18-21-28-26(29)24-20-19-23(2)25(27)22-24/h19-20,22H,3-18,21,27H2,1-2H3,(H,28,29). The molecule has 0 aliphatic heterocycles. The maximum Gasteiger partial charge on any atom is 0.251 e. The Labute approximate surface area is 180 Å². The van der Waals surface area contributed by atoms with Gasteiger partial charge in [-0.25, -0.2) is 0 Å². The molecule has 0 aliphatic carbocycles. The van der Waals surface area contributed by atoms with E-state index in [0.717, 1.165) is 18.5 Å². The molecule has 0 radical (unpaired) electrons. The lowest BCUT2D eigenvalue weighted by Gasteiger charge is -2.07. The number of amides is 1. The van der Waals surface area contributed by atoms with Crippen LogP contribution in [0.15, 0.2) is 18.2 Å². The summed E-state index contributed by atoms with van der Waals surface area (Å²) in [6.07, 6.45) is 21.9. The van der Waals surface area contributed by atoms with E-state index in [9.17, 15) is 4.79 Å². The Hall–Kier alpha value is -1.51. The van der Waals surface area contributed by atoms with E-state index < -0.39 is 0 Å². The molecule has 0 bridgehead atoms. The fraction of sp³-hybridized carbons (Fsp3) is 0.731. The molecule has 1 aromatic carbocycles. The van der Waals surface area contributed by atoms with Crippen LogP contribution >= 0.6 is 0 Å². The van der Waals surface area contributed by atoms with Crippen LogP contribution in [0.2, 0.25) is 0 Å². The van der Waals surface area contributed by atoms with E-state index in [4.69, 9.17) is 5.73 Å². The smallest absolute Gasteiger partial charge is 0.251 e. The number of rotatable bonds is 18. The lowest BCUT2D eigenvalue weighted by atomic mass is 10.0. The Kier molecular flexibility index (Phi) is 15.3. The van der Waals surface area contributed by atoms with Crippen LogP contribution in [0.25, 0.3) is 0 Å². The van der Waals surface area contributed by atoms with Crippen LogP contribution in [0, 0.1) is 6.92 Å². The van der Waals surface area contributed by atoms with E-state index in [1.54, 1.807) is 6.07 Å². The molecule has 0 saturated carbocycles. The second-order valence-corrected chi connectivity index (χ2v) is 8.63. The third kappa shape index (κ3) is 13.4. The van der Waals surface area contributed by atoms with Crippen molar-refractivity contribution in [3.63, 3.8) is 0 Å². The summed E-state index contributed by atoms with van der Waals surface area (Å²) in [5, 5.41) is 3.00. The molecule has 1 rings (SSSR count). The quantitative estimate of drug-likeness (QED) is 0.196. The summed E-state index contributed by atoms with van der Waals surface area (Å²) >= 11 is 0. The van der Waals surface area contributed by atoms with Crippen LogP contribution in [0.4, 0.5) is 5.69 Å². The molecule has 0 atom stereocenters. The number of nitrogen functional groups attached to an aromatic ring is 1. The van der Waals surface area contributed by atoms with Gasteiger partial charge in [0.1, 0.15) is 0 Å². The molecule has 0 unspecified atom stereocenters. The zero-order chi connectivity index (χ0) is 21.2. The Balaban J connectivity index is 1.83. The lowest BCUT2D eigenvalue weighted by molar-refractivity contribution is 0.0953. The molecule has 0 aromatic heterocycles. The summed E-state index contributed by atoms with van der Waals surface area (Å²) in [6, 6.07) is 5.51. The van der Waals surface area contributed by atoms with Gasteiger partial charge in [-0.3, -0.25) is 4.79 Å². The monoisotopic (exact) mass is 402 g/mol. The number of hydrogen-bond donors (Lipinski definition) is 2. The van der Waals surface area contributed by atoms with Crippen molar-refractivity contribution < 1.29 is 4.79 Å². The van der Waals surface area contributed by atoms with E-state index in [1.807, 2.05) is 19.1 Å². The zero-order valence-corrected chi connectivity index (χ0v) is 19.2. The first-order valence-electron chi connectivity index (χ1n) is 12.3. The van der Waals surface area contributed by atoms with Crippen LogP contribution in [-0.4, -0.2) is 12.5 Å². The molecule has 0 aliphatic rings. The van der Waals surface area contributed by atoms with Gasteiger partial charge in [0, 0.05) is 17.8 Å². The minimum atomic E-state index is -0.0161. The Bertz CT molecular complexity index is 542. The van der Waals surface area contributed by atoms with Crippen molar-refractivity contribution in [1.82, 2.24) is 5.32 Å². The predicted octanol–water partition coefficient (Wildman–Crippen LogP) is 7.57. The van der Waals surface area contributed by atoms with Gasteiger partial charge in [0.2, 0.25) is 0 Å². The highest BCUT2D eigenvalue weighted by Gasteiger charge is 2.06. The maximum atomic E-state index is 12.1. The Morgan fingerprint density at radius 2 is 1.21 bits per heavy atom. The SMILES string of the molecule is CCCCCCCCCCCCCCCCCCNC(=O)c1ccc(C)c(N)c1. The summed E-state index contributed by atoms with van der Waals surface area (Å²) in [5.74, 6) is -0.0161. The molecule has 0 heterocycles. The third-order valence-corrected chi connectivity index (χ3v) is 5.86. The van der Waals surface area contributed by atoms with E-state index >= 15 is 0 Å². The average Bonchev–Trinajstić information content (AvgIpc) is 2.72. The van der Waals surface area contributed by atoms with Crippen LogP contribution < -0.4 is 11.1 Å². The van der Waals surface area contributed by atoms with Gasteiger partial charge in [0.25, 0.3) is 5.91 Å². The summed E-state index contributed by atoms with van der Waals surface area (Å²) < 4.78 is 0. The van der Waals surface area contributed by atoms with Crippen molar-refractivity contribution in [2.75, 3.05) is 12.3 Å². The van der Waals surface area contributed by atoms with Crippen molar-refractivity contribution in [2.24, 2.45) is 0 Å². The minimum absolute atomic E-state index is 0.0161. The normalized spacial score (nSPS) is 11.0. The van der Waals surface area contributed by atoms with Gasteiger partial charge in [-0.2, -0.15) is 0 Å². The van der Waals surface area contributed by atoms with Crippen LogP contribution in [0.5, 0.6) is 0 Å². The molecule has 3 N–H and O–H groups in total. The number of anilines is 1. The van der Waals surface area contributed by atoms with Gasteiger partial charge in [-0.05, 0) is 31.0 Å². The van der Waals surface area contributed by atoms with E-state index in [-0.39, 0.29) is 5.91 Å². The molecule has 1 aromatic rings. The second-order valence-electron chi connectivity index (χ2n) is 8.63. The molecule has 0 saturated heterocycles. The molecule has 0 fully saturated rings. The summed E-state index contributed by atoms with van der Waals surface area (Å²) in [6.45, 7) is 4.99. The highest BCUT2D eigenvalue weighted by molar-refractivity contribution is 5.95. The van der Waals surface area contributed by atoms with Gasteiger partial charge >= 0.3 is 0 Å². The lowest BCUT2D eigenvalue weighted by Crippen LogP contribution is -2.24. The highest BCUT2D eigenvalue weighted by atomic mass is 16.1. The van der Waals surface area contributed by atoms with Crippen molar-refractivity contribution in [1.29, 1.82) is 0 Å². The molecule has 29 heavy (non-hydrogen) atoms. The van der Waals surface area contributed by atoms with Gasteiger partial charge < -0.3 is 11.1 Å². The number of carbonyl (C=O) groups is 1. The van der Waals surface area contributed by atoms with E-state index in [2.05, 4.69) is 12.2 Å². The van der Waals surface area contributed by atoms with Crippen LogP contribution in [0.3, 0.4) is 0 Å². The van der Waals surface area contributed by atoms with Crippen molar-refractivity contribution >= 4 is 11.6 Å². The summed E-state index contributed by atoms with van der Waals surface area (Å²) in [7, 11) is 0. The van der Waals surface area contributed by atoms with Crippen LogP contribution in [0.1, 0.15) is 126 Å². The van der Waals surface area contributed by atoms with Crippen molar-refractivity contribution in [3.8, 4) is 0 Å². The van der Waals surface area contributed by atoms with Gasteiger partial charge in [0.05, 0.1) is 0 Å². The fourth-order valence-corrected chi connectivity index (χ4v) is 3.76. The first-order chi connectivity index (χ1) is 14.1. The summed E-state index contributed by atoms with van der Waals surface area (Å²) in [4.78, 5) is 12.1. The zero-order valence-electron chi connectivity index (χ0n) is 19.2. The Morgan fingerprint density at radius 1 is 0.759 bits per heavy atom. The topological polar surface area (TPSA) is 55.1 Å². The highest BCUT2D eigenvalue weighted by Crippen LogP contribution is 2.14. The largest absolute Gasteiger partial charge is 0.398 e. The third-order valence-electron chi connectivity index (χ3n) is 5.86. The molecular formula is C26H46N2O. The number of nitrogens with two attached hydrogens (primary N) is 1. The van der Waals surface area contributed by atoms with E-state index in [0.29, 0.717) is 11.3 Å². The maximum absolute atomic E-state index is 12.1. The molecule has 166 valence electrons. The number of hydrogen-bond acceptors (Lipinski definition) is 2. The molecule has 0 spiro atoms. The predicted molar refractivity (Wildman–Crippen MR) is 127 cm³/mol. The number of nitrogens with one attached hydrogen (secondary N) is 1. The first-order valence-corrected chi connectivity index (χ1v) is 12.3. The number of aryl methyl sites for hydroxylation is 1. The molecule has 1 amide bonds. The minimum Gasteiger partial charge on any atom is -0.398 e. The van der Waals surface area contributed by atoms with Gasteiger partial charge in [-0.1, -0.05) is 109 Å². The second kappa shape index (κ2) is 17.4. The number of benzene rings is 1. The van der Waals surface area contributed by atoms with Crippen LogP contribution in [-0.2, 0) is 0 Å². The number of unbranched alkanes of at least 4 members (excludes halogenated alkanes) is 15. The molecule has 3 heteroatoms. The van der Waals surface area contributed by atoms with Gasteiger partial charge in [-0.15, -0.1) is 0 Å². The van der Waals surface area contributed by atoms with Crippen molar-refractivity contribution in [2.45, 2.75) is 117 Å². The van der Waals surface area contributed by atoms with Gasteiger partial charge in [0.15, 0.2) is 0 Å². The molecule has 3 nitrogen and oxygen atoms in total. The summed E-state index contributed by atoms with van der Waals surface area (Å²) in [5.41, 5.74) is 8.22. The number of carbonyl (C=O) groups excluding carboxylic acids is 1. The molecular weight excluding hydrogens is 356 g/mol. The Morgan fingerprint density at radius 3 is 1.66 bits per heavy atom. The average molecular weight is 403 g/mol. The van der Waals surface area contributed by atoms with E-state index in [1.165, 1.54) is 96.3 Å². The van der Waals surface area contributed by atoms with Crippen molar-refractivity contribution in [3.05, 3.63) is 29.3 Å².